The molecule has 1 aromatic heterocycles. The Morgan fingerprint density at radius 2 is 2.00 bits per heavy atom. The summed E-state index contributed by atoms with van der Waals surface area (Å²) in [6, 6.07) is 4.95. The number of carbonyl (C=O) groups is 3. The van der Waals surface area contributed by atoms with Crippen LogP contribution in [0, 0.1) is 6.92 Å². The summed E-state index contributed by atoms with van der Waals surface area (Å²) in [5.74, 6) is -0.358. The van der Waals surface area contributed by atoms with Crippen molar-refractivity contribution < 1.29 is 23.9 Å². The van der Waals surface area contributed by atoms with Crippen LogP contribution in [0.15, 0.2) is 18.2 Å². The number of hydrogen-bond acceptors (Lipinski definition) is 7. The zero-order chi connectivity index (χ0) is 19.3. The SMILES string of the molecule is CCOC(=O)c1sc(NC(=O)Cc2cc(C(C)=O)ccc2OC)nc1C. The quantitative estimate of drug-likeness (QED) is 0.590. The van der Waals surface area contributed by atoms with Gasteiger partial charge >= 0.3 is 5.97 Å². The Kier molecular flexibility index (Phi) is 6.46. The van der Waals surface area contributed by atoms with E-state index in [9.17, 15) is 14.4 Å². The number of ether oxygens (including phenoxy) is 2. The Hall–Kier alpha value is -2.74. The molecule has 26 heavy (non-hydrogen) atoms. The molecule has 1 amide bonds. The van der Waals surface area contributed by atoms with Crippen LogP contribution in [0.25, 0.3) is 0 Å². The van der Waals surface area contributed by atoms with E-state index in [1.807, 2.05) is 0 Å². The number of esters is 1. The third-order valence-electron chi connectivity index (χ3n) is 3.54. The number of methoxy groups -OCH3 is 1. The number of amides is 1. The fourth-order valence-electron chi connectivity index (χ4n) is 2.31. The molecule has 138 valence electrons. The lowest BCUT2D eigenvalue weighted by Crippen LogP contribution is -2.15. The van der Waals surface area contributed by atoms with Crippen LogP contribution in [0.5, 0.6) is 5.75 Å². The summed E-state index contributed by atoms with van der Waals surface area (Å²) >= 11 is 1.06. The molecule has 0 radical (unpaired) electrons. The van der Waals surface area contributed by atoms with Crippen molar-refractivity contribution in [1.29, 1.82) is 0 Å². The van der Waals surface area contributed by atoms with E-state index in [-0.39, 0.29) is 24.7 Å². The fraction of sp³-hybridized carbons (Fsp3) is 0.333. The van der Waals surface area contributed by atoms with Gasteiger partial charge in [0.05, 0.1) is 25.8 Å². The lowest BCUT2D eigenvalue weighted by molar-refractivity contribution is -0.115. The number of nitrogens with zero attached hydrogens (tertiary/aromatic N) is 1. The standard InChI is InChI=1S/C18H20N2O5S/c1-5-25-17(23)16-10(2)19-18(26-16)20-15(22)9-13-8-12(11(3)21)6-7-14(13)24-4/h6-8H,5,9H2,1-4H3,(H,19,20,22). The summed E-state index contributed by atoms with van der Waals surface area (Å²) in [6.45, 7) is 5.13. The Bertz CT molecular complexity index is 844. The molecule has 0 bridgehead atoms. The van der Waals surface area contributed by atoms with E-state index in [2.05, 4.69) is 10.3 Å². The minimum absolute atomic E-state index is 0.0116. The molecule has 0 aliphatic rings. The van der Waals surface area contributed by atoms with E-state index in [4.69, 9.17) is 9.47 Å². The number of aryl methyl sites for hydroxylation is 1. The summed E-state index contributed by atoms with van der Waals surface area (Å²) in [5, 5.41) is 2.99. The van der Waals surface area contributed by atoms with Crippen LogP contribution in [-0.2, 0) is 16.0 Å². The van der Waals surface area contributed by atoms with Gasteiger partial charge < -0.3 is 14.8 Å². The predicted molar refractivity (Wildman–Crippen MR) is 98.1 cm³/mol. The van der Waals surface area contributed by atoms with E-state index in [1.54, 1.807) is 32.0 Å². The maximum absolute atomic E-state index is 12.3. The van der Waals surface area contributed by atoms with Crippen molar-refractivity contribution >= 4 is 34.1 Å². The van der Waals surface area contributed by atoms with Gasteiger partial charge in [0.2, 0.25) is 5.91 Å². The Labute approximate surface area is 155 Å². The van der Waals surface area contributed by atoms with Gasteiger partial charge in [0.15, 0.2) is 10.9 Å². The number of thiazole rings is 1. The highest BCUT2D eigenvalue weighted by Crippen LogP contribution is 2.25. The van der Waals surface area contributed by atoms with Crippen LogP contribution in [0.4, 0.5) is 5.13 Å². The number of Topliss-reactive ketones (excluding diaryl/α,β-unsaturated/α-hetero) is 1. The van der Waals surface area contributed by atoms with Crippen molar-refractivity contribution in [3.8, 4) is 5.75 Å². The molecule has 1 heterocycles. The van der Waals surface area contributed by atoms with E-state index in [1.165, 1.54) is 14.0 Å². The monoisotopic (exact) mass is 376 g/mol. The van der Waals surface area contributed by atoms with Gasteiger partial charge in [-0.3, -0.25) is 9.59 Å². The second-order valence-corrected chi connectivity index (χ2v) is 6.46. The molecule has 1 N–H and O–H groups in total. The predicted octanol–water partition coefficient (Wildman–Crippen LogP) is 3.02. The van der Waals surface area contributed by atoms with Gasteiger partial charge in [-0.05, 0) is 39.0 Å². The highest BCUT2D eigenvalue weighted by atomic mass is 32.1. The molecular formula is C18H20N2O5S. The lowest BCUT2D eigenvalue weighted by Gasteiger charge is -2.09. The second-order valence-electron chi connectivity index (χ2n) is 5.46. The molecule has 0 saturated carbocycles. The highest BCUT2D eigenvalue weighted by Gasteiger charge is 2.18. The summed E-state index contributed by atoms with van der Waals surface area (Å²) in [5.41, 5.74) is 1.60. The zero-order valence-electron chi connectivity index (χ0n) is 15.0. The molecule has 1 aromatic carbocycles. The van der Waals surface area contributed by atoms with Gasteiger partial charge in [-0.15, -0.1) is 0 Å². The summed E-state index contributed by atoms with van der Waals surface area (Å²) < 4.78 is 10.2. The van der Waals surface area contributed by atoms with Gasteiger partial charge in [0.25, 0.3) is 0 Å². The second kappa shape index (κ2) is 8.57. The molecule has 8 heteroatoms. The van der Waals surface area contributed by atoms with E-state index < -0.39 is 5.97 Å². The van der Waals surface area contributed by atoms with E-state index in [0.717, 1.165) is 11.3 Å². The highest BCUT2D eigenvalue weighted by molar-refractivity contribution is 7.17. The number of aromatic nitrogens is 1. The first-order valence-electron chi connectivity index (χ1n) is 7.98. The minimum atomic E-state index is -0.459. The van der Waals surface area contributed by atoms with Crippen molar-refractivity contribution in [2.45, 2.75) is 27.2 Å². The molecule has 2 rings (SSSR count). The summed E-state index contributed by atoms with van der Waals surface area (Å²) in [7, 11) is 1.50. The third kappa shape index (κ3) is 4.66. The van der Waals surface area contributed by atoms with Crippen LogP contribution in [0.1, 0.15) is 45.1 Å². The van der Waals surface area contributed by atoms with Crippen LogP contribution >= 0.6 is 11.3 Å². The number of nitrogens with one attached hydrogen (secondary N) is 1. The third-order valence-corrected chi connectivity index (χ3v) is 4.59. The van der Waals surface area contributed by atoms with Gasteiger partial charge in [0.1, 0.15) is 10.6 Å². The molecule has 0 atom stereocenters. The Morgan fingerprint density at radius 3 is 2.62 bits per heavy atom. The fourth-order valence-corrected chi connectivity index (χ4v) is 3.18. The van der Waals surface area contributed by atoms with Crippen molar-refractivity contribution in [3.63, 3.8) is 0 Å². The first-order chi connectivity index (χ1) is 12.3. The maximum atomic E-state index is 12.3. The molecule has 0 spiro atoms. The number of anilines is 1. The number of carbonyl (C=O) groups excluding carboxylic acids is 3. The van der Waals surface area contributed by atoms with Crippen molar-refractivity contribution in [3.05, 3.63) is 39.9 Å². The molecule has 7 nitrogen and oxygen atoms in total. The topological polar surface area (TPSA) is 94.6 Å². The van der Waals surface area contributed by atoms with Crippen molar-refractivity contribution in [2.75, 3.05) is 19.0 Å². The molecule has 2 aromatic rings. The molecule has 0 unspecified atom stereocenters. The number of hydrogen-bond donors (Lipinski definition) is 1. The maximum Gasteiger partial charge on any atom is 0.350 e. The molecule has 0 aliphatic carbocycles. The van der Waals surface area contributed by atoms with Crippen LogP contribution in [0.2, 0.25) is 0 Å². The van der Waals surface area contributed by atoms with Gasteiger partial charge in [0, 0.05) is 11.1 Å². The summed E-state index contributed by atoms with van der Waals surface area (Å²) in [6.07, 6.45) is 0.0116. The van der Waals surface area contributed by atoms with Crippen molar-refractivity contribution in [1.82, 2.24) is 4.98 Å². The minimum Gasteiger partial charge on any atom is -0.496 e. The zero-order valence-corrected chi connectivity index (χ0v) is 15.9. The average molecular weight is 376 g/mol. The molecular weight excluding hydrogens is 356 g/mol. The number of rotatable bonds is 7. The van der Waals surface area contributed by atoms with Crippen LogP contribution in [0.3, 0.4) is 0 Å². The molecule has 0 aliphatic heterocycles. The van der Waals surface area contributed by atoms with Crippen molar-refractivity contribution in [2.24, 2.45) is 0 Å². The summed E-state index contributed by atoms with van der Waals surface area (Å²) in [4.78, 5) is 40.3. The Morgan fingerprint density at radius 1 is 1.27 bits per heavy atom. The molecule has 0 fully saturated rings. The number of benzene rings is 1. The van der Waals surface area contributed by atoms with E-state index >= 15 is 0 Å². The van der Waals surface area contributed by atoms with Gasteiger partial charge in [-0.25, -0.2) is 9.78 Å². The largest absolute Gasteiger partial charge is 0.496 e. The van der Waals surface area contributed by atoms with Gasteiger partial charge in [-0.2, -0.15) is 0 Å². The first-order valence-corrected chi connectivity index (χ1v) is 8.79. The van der Waals surface area contributed by atoms with Gasteiger partial charge in [-0.1, -0.05) is 11.3 Å². The lowest BCUT2D eigenvalue weighted by atomic mass is 10.0. The molecule has 0 saturated heterocycles. The smallest absolute Gasteiger partial charge is 0.350 e. The van der Waals surface area contributed by atoms with E-state index in [0.29, 0.717) is 32.6 Å². The normalized spacial score (nSPS) is 10.3. The first kappa shape index (κ1) is 19.6. The van der Waals surface area contributed by atoms with Crippen LogP contribution in [-0.4, -0.2) is 36.4 Å². The van der Waals surface area contributed by atoms with Crippen LogP contribution < -0.4 is 10.1 Å². The average Bonchev–Trinajstić information content (AvgIpc) is 2.95. The number of ketones is 1. The Balaban J connectivity index is 2.14.